The molecule has 8 saturated carbocycles. The summed E-state index contributed by atoms with van der Waals surface area (Å²) in [6.45, 7) is 1.37. The minimum atomic E-state index is -0.367. The molecule has 3 N–H and O–H groups in total. The zero-order chi connectivity index (χ0) is 37.9. The summed E-state index contributed by atoms with van der Waals surface area (Å²) in [5.74, 6) is 6.91. The normalized spacial score (nSPS) is 33.5. The van der Waals surface area contributed by atoms with Crippen LogP contribution in [0.1, 0.15) is 97.8 Å². The molecule has 9 aliphatic rings. The Balaban J connectivity index is 0.000000140. The fourth-order valence-electron chi connectivity index (χ4n) is 12.7. The van der Waals surface area contributed by atoms with Gasteiger partial charge in [-0.3, -0.25) is 9.59 Å². The highest BCUT2D eigenvalue weighted by atomic mass is 35.5. The molecule has 11 heteroatoms. The zero-order valence-corrected chi connectivity index (χ0v) is 32.8. The van der Waals surface area contributed by atoms with Crippen LogP contribution in [-0.4, -0.2) is 67.8 Å². The molecular formula is C45H54ClN7O3. The van der Waals surface area contributed by atoms with Crippen LogP contribution in [0.2, 0.25) is 5.15 Å². The summed E-state index contributed by atoms with van der Waals surface area (Å²) in [7, 11) is 0. The fourth-order valence-corrected chi connectivity index (χ4v) is 13.0. The molecule has 2 aromatic heterocycles. The highest BCUT2D eigenvalue weighted by molar-refractivity contribution is 6.33. The largest absolute Gasteiger partial charge is 0.391 e. The molecule has 10 nitrogen and oxygen atoms in total. The molecule has 2 amide bonds. The Hall–Kier alpha value is -4.15. The number of carbonyl (C=O) groups excluding carboxylic acids is 2. The summed E-state index contributed by atoms with van der Waals surface area (Å²) in [6.07, 6.45) is 17.8. The van der Waals surface area contributed by atoms with E-state index in [1.54, 1.807) is 17.1 Å². The molecule has 8 bridgehead atoms. The molecule has 4 aromatic rings. The van der Waals surface area contributed by atoms with Crippen molar-refractivity contribution in [2.24, 2.45) is 47.3 Å². The van der Waals surface area contributed by atoms with Gasteiger partial charge in [0.25, 0.3) is 11.8 Å². The highest BCUT2D eigenvalue weighted by Gasteiger charge is 2.50. The molecule has 1 aliphatic heterocycles. The first-order chi connectivity index (χ1) is 27.3. The van der Waals surface area contributed by atoms with Crippen molar-refractivity contribution in [1.82, 2.24) is 30.2 Å². The van der Waals surface area contributed by atoms with Crippen molar-refractivity contribution >= 4 is 29.2 Å². The molecule has 1 unspecified atom stereocenters. The summed E-state index contributed by atoms with van der Waals surface area (Å²) in [5.41, 5.74) is 2.90. The Labute approximate surface area is 334 Å². The van der Waals surface area contributed by atoms with Crippen molar-refractivity contribution in [3.8, 4) is 11.4 Å². The lowest BCUT2D eigenvalue weighted by Gasteiger charge is -2.54. The molecule has 1 saturated heterocycles. The van der Waals surface area contributed by atoms with Crippen molar-refractivity contribution in [2.75, 3.05) is 18.0 Å². The number of anilines is 1. The topological polar surface area (TPSA) is 117 Å². The summed E-state index contributed by atoms with van der Waals surface area (Å²) in [4.78, 5) is 28.6. The predicted octanol–water partition coefficient (Wildman–Crippen LogP) is 7.47. The molecule has 9 fully saturated rings. The second kappa shape index (κ2) is 15.0. The van der Waals surface area contributed by atoms with Gasteiger partial charge in [0.1, 0.15) is 16.5 Å². The van der Waals surface area contributed by atoms with Gasteiger partial charge >= 0.3 is 0 Å². The molecule has 0 radical (unpaired) electrons. The summed E-state index contributed by atoms with van der Waals surface area (Å²) in [6, 6.07) is 20.3. The molecule has 56 heavy (non-hydrogen) atoms. The molecule has 2 aromatic carbocycles. The molecule has 294 valence electrons. The van der Waals surface area contributed by atoms with Crippen molar-refractivity contribution in [1.29, 1.82) is 0 Å². The van der Waals surface area contributed by atoms with E-state index in [1.165, 1.54) is 64.2 Å². The lowest BCUT2D eigenvalue weighted by molar-refractivity contribution is -0.0119. The molecule has 3 heterocycles. The van der Waals surface area contributed by atoms with Gasteiger partial charge in [-0.1, -0.05) is 48.0 Å². The predicted molar refractivity (Wildman–Crippen MR) is 216 cm³/mol. The Morgan fingerprint density at radius 1 is 0.625 bits per heavy atom. The van der Waals surface area contributed by atoms with Gasteiger partial charge in [0, 0.05) is 25.2 Å². The number of nitrogens with zero attached hydrogens (tertiary/aromatic N) is 5. The monoisotopic (exact) mass is 775 g/mol. The van der Waals surface area contributed by atoms with Gasteiger partial charge in [-0.25, -0.2) is 9.36 Å². The Kier molecular flexibility index (Phi) is 9.68. The van der Waals surface area contributed by atoms with Crippen LogP contribution in [0, 0.1) is 47.3 Å². The number of benzene rings is 2. The number of aliphatic hydroxyl groups excluding tert-OH is 1. The first-order valence-electron chi connectivity index (χ1n) is 21.3. The van der Waals surface area contributed by atoms with E-state index >= 15 is 0 Å². The van der Waals surface area contributed by atoms with E-state index in [1.807, 2.05) is 65.3 Å². The van der Waals surface area contributed by atoms with Gasteiger partial charge < -0.3 is 20.6 Å². The van der Waals surface area contributed by atoms with Gasteiger partial charge in [-0.2, -0.15) is 10.2 Å². The third-order valence-corrected chi connectivity index (χ3v) is 15.1. The third-order valence-electron chi connectivity index (χ3n) is 14.7. The molecular weight excluding hydrogens is 722 g/mol. The van der Waals surface area contributed by atoms with Gasteiger partial charge in [-0.15, -0.1) is 0 Å². The quantitative estimate of drug-likeness (QED) is 0.180. The maximum atomic E-state index is 13.6. The average molecular weight is 776 g/mol. The van der Waals surface area contributed by atoms with E-state index in [-0.39, 0.29) is 17.9 Å². The number of carbonyl (C=O) groups is 2. The smallest absolute Gasteiger partial charge is 0.256 e. The van der Waals surface area contributed by atoms with Crippen molar-refractivity contribution in [2.45, 2.75) is 95.2 Å². The summed E-state index contributed by atoms with van der Waals surface area (Å²) in [5, 5.41) is 26.4. The molecule has 0 spiro atoms. The van der Waals surface area contributed by atoms with Crippen LogP contribution < -0.4 is 15.5 Å². The van der Waals surface area contributed by atoms with E-state index in [2.05, 4.69) is 25.7 Å². The summed E-state index contributed by atoms with van der Waals surface area (Å²) >= 11 is 6.46. The first kappa shape index (κ1) is 36.2. The lowest BCUT2D eigenvalue weighted by atomic mass is 9.54. The number of aliphatic hydroxyl groups is 1. The maximum absolute atomic E-state index is 13.6. The second-order valence-electron chi connectivity index (χ2n) is 18.3. The van der Waals surface area contributed by atoms with E-state index in [0.29, 0.717) is 58.6 Å². The number of nitrogens with one attached hydrogen (secondary N) is 2. The van der Waals surface area contributed by atoms with Gasteiger partial charge in [-0.05, 0) is 149 Å². The van der Waals surface area contributed by atoms with Crippen LogP contribution in [0.5, 0.6) is 0 Å². The van der Waals surface area contributed by atoms with Crippen LogP contribution in [0.4, 0.5) is 5.82 Å². The van der Waals surface area contributed by atoms with Crippen molar-refractivity contribution in [3.05, 3.63) is 89.3 Å². The van der Waals surface area contributed by atoms with Crippen molar-refractivity contribution in [3.63, 3.8) is 0 Å². The minimum absolute atomic E-state index is 0.00489. The Morgan fingerprint density at radius 3 is 1.57 bits per heavy atom. The average Bonchev–Trinajstić information content (AvgIpc) is 3.82. The van der Waals surface area contributed by atoms with Crippen molar-refractivity contribution < 1.29 is 14.7 Å². The van der Waals surface area contributed by atoms with E-state index in [9.17, 15) is 14.7 Å². The Bertz CT molecular complexity index is 1990. The van der Waals surface area contributed by atoms with Crippen LogP contribution in [0.25, 0.3) is 11.4 Å². The van der Waals surface area contributed by atoms with Crippen LogP contribution in [-0.2, 0) is 0 Å². The second-order valence-corrected chi connectivity index (χ2v) is 18.7. The standard InChI is InChI=1S/C25H32N4O2.C20H22ClN3O/c30-21-7-4-8-28(15-21)25-22(14-26-29(25)20-5-2-1-3-6-20)24(31)27-23-18-10-16-9-17(12-18)13-19(23)11-16;21-19-17(11-22-24(19)16-4-2-1-3-5-16)20(25)23-18-14-7-12-6-13(9-14)10-15(18)8-12/h1-3,5-6,14,16-19,21,23,30H,4,7-13,15H2,(H,27,31);1-5,11-15,18H,6-10H2,(H,23,25). The molecule has 8 aliphatic carbocycles. The molecule has 1 atom stereocenters. The van der Waals surface area contributed by atoms with Crippen LogP contribution >= 0.6 is 11.6 Å². The third kappa shape index (κ3) is 6.84. The zero-order valence-electron chi connectivity index (χ0n) is 32.1. The van der Waals surface area contributed by atoms with Gasteiger partial charge in [0.05, 0.1) is 35.4 Å². The number of β-amino-alcohol motifs (C(OH)–C–C–N with tert-alkyl or cyclic N) is 1. The number of piperidine rings is 1. The number of aromatic nitrogens is 4. The number of amides is 2. The maximum Gasteiger partial charge on any atom is 0.256 e. The SMILES string of the molecule is O=C(NC1C2CC3CC(C2)CC1C3)c1cnn(-c2ccccc2)c1Cl.O=C(NC1C2CC3CC(C2)CC1C3)c1cnn(-c2ccccc2)c1N1CCCC(O)C1. The first-order valence-corrected chi connectivity index (χ1v) is 21.7. The van der Waals surface area contributed by atoms with Crippen LogP contribution in [0.3, 0.4) is 0 Å². The Morgan fingerprint density at radius 2 is 1.07 bits per heavy atom. The number of halogens is 1. The number of hydrogen-bond donors (Lipinski definition) is 3. The molecule has 13 rings (SSSR count). The highest BCUT2D eigenvalue weighted by Crippen LogP contribution is 2.55. The number of rotatable bonds is 7. The minimum Gasteiger partial charge on any atom is -0.391 e. The number of hydrogen-bond acceptors (Lipinski definition) is 6. The fraction of sp³-hybridized carbons (Fsp3) is 0.556. The number of para-hydroxylation sites is 2. The van der Waals surface area contributed by atoms with Gasteiger partial charge in [0.2, 0.25) is 0 Å². The summed E-state index contributed by atoms with van der Waals surface area (Å²) < 4.78 is 3.48. The van der Waals surface area contributed by atoms with E-state index < -0.39 is 0 Å². The van der Waals surface area contributed by atoms with Gasteiger partial charge in [0.15, 0.2) is 0 Å². The van der Waals surface area contributed by atoms with Crippen LogP contribution in [0.15, 0.2) is 73.1 Å². The van der Waals surface area contributed by atoms with E-state index in [4.69, 9.17) is 11.6 Å². The lowest BCUT2D eigenvalue weighted by Crippen LogP contribution is -2.55. The van der Waals surface area contributed by atoms with E-state index in [0.717, 1.165) is 60.3 Å².